The van der Waals surface area contributed by atoms with Crippen LogP contribution < -0.4 is 14.4 Å². The van der Waals surface area contributed by atoms with E-state index in [0.29, 0.717) is 43.0 Å². The van der Waals surface area contributed by atoms with Crippen LogP contribution in [0.2, 0.25) is 0 Å². The van der Waals surface area contributed by atoms with Gasteiger partial charge in [-0.15, -0.1) is 0 Å². The number of nitrogens with zero attached hydrogens (tertiary/aromatic N) is 1. The van der Waals surface area contributed by atoms with Gasteiger partial charge >= 0.3 is 0 Å². The number of methoxy groups -OCH3 is 1. The molecule has 0 atom stereocenters. The van der Waals surface area contributed by atoms with Crippen molar-refractivity contribution in [1.29, 1.82) is 0 Å². The summed E-state index contributed by atoms with van der Waals surface area (Å²) in [7, 11) is -2.03. The van der Waals surface area contributed by atoms with Gasteiger partial charge in [-0.2, -0.15) is 0 Å². The van der Waals surface area contributed by atoms with Crippen molar-refractivity contribution in [1.82, 2.24) is 0 Å². The maximum Gasteiger partial charge on any atom is 0.258 e. The van der Waals surface area contributed by atoms with Crippen molar-refractivity contribution < 1.29 is 32.5 Å². The molecule has 1 heterocycles. The van der Waals surface area contributed by atoms with Gasteiger partial charge in [0, 0.05) is 29.4 Å². The van der Waals surface area contributed by atoms with E-state index in [1.54, 1.807) is 36.3 Å². The van der Waals surface area contributed by atoms with E-state index in [4.69, 9.17) is 14.2 Å². The van der Waals surface area contributed by atoms with E-state index in [1.165, 1.54) is 0 Å². The Kier molecular flexibility index (Phi) is 8.12. The first kappa shape index (κ1) is 24.5. The Bertz CT molecular complexity index is 1090. The molecule has 0 bridgehead atoms. The number of sulfonamides is 1. The molecule has 174 valence electrons. The topological polar surface area (TPSA) is 114 Å². The molecule has 1 aliphatic rings. The van der Waals surface area contributed by atoms with Crippen LogP contribution in [0.25, 0.3) is 0 Å². The third-order valence-corrected chi connectivity index (χ3v) is 6.15. The molecule has 11 heteroatoms. The number of carbonyl (C=O) groups excluding carboxylic acids is 1. The molecule has 0 aromatic heterocycles. The molecule has 1 aliphatic heterocycles. The lowest BCUT2D eigenvalue weighted by Crippen LogP contribution is -2.37. The van der Waals surface area contributed by atoms with Crippen molar-refractivity contribution in [2.45, 2.75) is 13.0 Å². The molecule has 2 aromatic rings. The van der Waals surface area contributed by atoms with Crippen molar-refractivity contribution in [2.24, 2.45) is 0 Å². The standard InChI is InChI=1S/C21H25BrN2O7S/c1-29-7-8-30-13-31-20-4-3-16(11-19(20)23-32(2,27)28)24-6-5-14-10-18(22)15(12-25)9-17(14)21(24)26/h3-4,9-11,23,25H,5-8,12-13H2,1-2H3. The molecule has 0 aliphatic carbocycles. The summed E-state index contributed by atoms with van der Waals surface area (Å²) in [5.74, 6) is 0.0447. The smallest absolute Gasteiger partial charge is 0.258 e. The first-order valence-corrected chi connectivity index (χ1v) is 12.5. The first-order chi connectivity index (χ1) is 15.2. The van der Waals surface area contributed by atoms with Crippen molar-refractivity contribution >= 4 is 43.2 Å². The highest BCUT2D eigenvalue weighted by molar-refractivity contribution is 9.10. The number of hydrogen-bond donors (Lipinski definition) is 2. The molecule has 0 unspecified atom stereocenters. The maximum absolute atomic E-state index is 13.2. The Hall–Kier alpha value is -2.18. The lowest BCUT2D eigenvalue weighted by atomic mass is 9.96. The van der Waals surface area contributed by atoms with E-state index in [0.717, 1.165) is 16.3 Å². The number of halogens is 1. The molecule has 0 spiro atoms. The second-order valence-corrected chi connectivity index (χ2v) is 9.79. The van der Waals surface area contributed by atoms with Gasteiger partial charge < -0.3 is 24.2 Å². The summed E-state index contributed by atoms with van der Waals surface area (Å²) >= 11 is 3.41. The molecule has 0 saturated heterocycles. The lowest BCUT2D eigenvalue weighted by molar-refractivity contribution is -0.00813. The van der Waals surface area contributed by atoms with Gasteiger partial charge in [0.1, 0.15) is 5.75 Å². The van der Waals surface area contributed by atoms with Gasteiger partial charge in [-0.05, 0) is 47.9 Å². The van der Waals surface area contributed by atoms with Crippen molar-refractivity contribution in [2.75, 3.05) is 49.5 Å². The molecule has 2 aromatic carbocycles. The van der Waals surface area contributed by atoms with Gasteiger partial charge in [0.15, 0.2) is 6.79 Å². The number of ether oxygens (including phenoxy) is 3. The van der Waals surface area contributed by atoms with Crippen LogP contribution in [0.15, 0.2) is 34.8 Å². The minimum Gasteiger partial charge on any atom is -0.465 e. The van der Waals surface area contributed by atoms with Gasteiger partial charge in [0.05, 0.1) is 31.8 Å². The van der Waals surface area contributed by atoms with E-state index in [-0.39, 0.29) is 30.7 Å². The van der Waals surface area contributed by atoms with Crippen LogP contribution in [-0.4, -0.2) is 59.3 Å². The van der Waals surface area contributed by atoms with Crippen LogP contribution in [-0.2, 0) is 32.5 Å². The Morgan fingerprint density at radius 1 is 1.22 bits per heavy atom. The Labute approximate surface area is 195 Å². The van der Waals surface area contributed by atoms with Gasteiger partial charge in [-0.25, -0.2) is 8.42 Å². The Balaban J connectivity index is 1.87. The molecular weight excluding hydrogens is 504 g/mol. The lowest BCUT2D eigenvalue weighted by Gasteiger charge is -2.30. The maximum atomic E-state index is 13.2. The zero-order valence-corrected chi connectivity index (χ0v) is 20.2. The fourth-order valence-corrected chi connectivity index (χ4v) is 4.38. The average Bonchev–Trinajstić information content (AvgIpc) is 2.73. The van der Waals surface area contributed by atoms with Crippen LogP contribution in [0, 0.1) is 0 Å². The second kappa shape index (κ2) is 10.6. The number of nitrogens with one attached hydrogen (secondary N) is 1. The monoisotopic (exact) mass is 528 g/mol. The molecule has 0 saturated carbocycles. The van der Waals surface area contributed by atoms with Crippen molar-refractivity contribution in [3.8, 4) is 5.75 Å². The fourth-order valence-electron chi connectivity index (χ4n) is 3.31. The number of fused-ring (bicyclic) bond motifs is 1. The molecule has 1 amide bonds. The van der Waals surface area contributed by atoms with Gasteiger partial charge in [0.25, 0.3) is 5.91 Å². The zero-order valence-electron chi connectivity index (χ0n) is 17.8. The Morgan fingerprint density at radius 3 is 2.69 bits per heavy atom. The highest BCUT2D eigenvalue weighted by Crippen LogP contribution is 2.34. The van der Waals surface area contributed by atoms with E-state index < -0.39 is 10.0 Å². The number of aliphatic hydroxyl groups is 1. The summed E-state index contributed by atoms with van der Waals surface area (Å²) in [5, 5.41) is 9.53. The highest BCUT2D eigenvalue weighted by Gasteiger charge is 2.27. The van der Waals surface area contributed by atoms with Crippen LogP contribution in [0.5, 0.6) is 5.75 Å². The molecule has 3 rings (SSSR count). The summed E-state index contributed by atoms with van der Waals surface area (Å²) in [6.45, 7) is 0.883. The number of amides is 1. The van der Waals surface area contributed by atoms with Crippen LogP contribution in [0.3, 0.4) is 0 Å². The average molecular weight is 529 g/mol. The number of aliphatic hydroxyl groups excluding tert-OH is 1. The molecule has 2 N–H and O–H groups in total. The van der Waals surface area contributed by atoms with E-state index in [2.05, 4.69) is 20.7 Å². The SMILES string of the molecule is COCCOCOc1ccc(N2CCc3cc(Br)c(CO)cc3C2=O)cc1NS(C)(=O)=O. The Morgan fingerprint density at radius 2 is 2.00 bits per heavy atom. The van der Waals surface area contributed by atoms with Crippen LogP contribution in [0.1, 0.15) is 21.5 Å². The highest BCUT2D eigenvalue weighted by atomic mass is 79.9. The summed E-state index contributed by atoms with van der Waals surface area (Å²) in [4.78, 5) is 14.8. The summed E-state index contributed by atoms with van der Waals surface area (Å²) < 4.78 is 42.7. The molecule has 32 heavy (non-hydrogen) atoms. The second-order valence-electron chi connectivity index (χ2n) is 7.18. The van der Waals surface area contributed by atoms with Gasteiger partial charge in [-0.1, -0.05) is 15.9 Å². The summed E-state index contributed by atoms with van der Waals surface area (Å²) in [5.41, 5.74) is 2.74. The van der Waals surface area contributed by atoms with Gasteiger partial charge in [0.2, 0.25) is 10.0 Å². The molecule has 9 nitrogen and oxygen atoms in total. The predicted molar refractivity (Wildman–Crippen MR) is 124 cm³/mol. The van der Waals surface area contributed by atoms with Gasteiger partial charge in [-0.3, -0.25) is 9.52 Å². The predicted octanol–water partition coefficient (Wildman–Crippen LogP) is 2.52. The number of rotatable bonds is 10. The third kappa shape index (κ3) is 5.99. The largest absolute Gasteiger partial charge is 0.465 e. The first-order valence-electron chi connectivity index (χ1n) is 9.79. The van der Waals surface area contributed by atoms with Crippen molar-refractivity contribution in [3.05, 3.63) is 51.5 Å². The number of anilines is 2. The number of hydrogen-bond acceptors (Lipinski definition) is 7. The number of carbonyl (C=O) groups is 1. The quantitative estimate of drug-likeness (QED) is 0.359. The minimum atomic E-state index is -3.59. The molecule has 0 radical (unpaired) electrons. The van der Waals surface area contributed by atoms with E-state index in [9.17, 15) is 18.3 Å². The zero-order chi connectivity index (χ0) is 23.3. The van der Waals surface area contributed by atoms with E-state index in [1.807, 2.05) is 6.07 Å². The third-order valence-electron chi connectivity index (χ3n) is 4.82. The van der Waals surface area contributed by atoms with Crippen LogP contribution >= 0.6 is 15.9 Å². The minimum absolute atomic E-state index is 0.0873. The van der Waals surface area contributed by atoms with Crippen LogP contribution in [0.4, 0.5) is 11.4 Å². The number of benzene rings is 2. The molecule has 0 fully saturated rings. The summed E-state index contributed by atoms with van der Waals surface area (Å²) in [6, 6.07) is 8.37. The fraction of sp³-hybridized carbons (Fsp3) is 0.381. The van der Waals surface area contributed by atoms with E-state index >= 15 is 0 Å². The molecular formula is C21H25BrN2O7S. The normalized spacial score (nSPS) is 13.8. The summed E-state index contributed by atoms with van der Waals surface area (Å²) in [6.07, 6.45) is 1.65. The van der Waals surface area contributed by atoms with Crippen molar-refractivity contribution in [3.63, 3.8) is 0 Å².